The summed E-state index contributed by atoms with van der Waals surface area (Å²) in [5.41, 5.74) is 0.196. The number of piperidine rings is 1. The molecule has 1 aromatic carbocycles. The molecule has 1 aromatic heterocycles. The summed E-state index contributed by atoms with van der Waals surface area (Å²) in [5, 5.41) is 0.617. The van der Waals surface area contributed by atoms with Gasteiger partial charge in [0.2, 0.25) is 0 Å². The van der Waals surface area contributed by atoms with E-state index in [9.17, 15) is 4.79 Å². The van der Waals surface area contributed by atoms with E-state index in [0.717, 1.165) is 25.9 Å². The molecule has 1 fully saturated rings. The zero-order valence-corrected chi connectivity index (χ0v) is 14.2. The fourth-order valence-corrected chi connectivity index (χ4v) is 2.77. The minimum Gasteiger partial charge on any atom is -0.489 e. The van der Waals surface area contributed by atoms with Crippen LogP contribution in [0.4, 0.5) is 6.01 Å². The number of hydrogen-bond donors (Lipinski definition) is 0. The highest BCUT2D eigenvalue weighted by Gasteiger charge is 2.25. The number of hydrogen-bond acceptors (Lipinski definition) is 6. The molecule has 3 rings (SSSR count). The summed E-state index contributed by atoms with van der Waals surface area (Å²) in [6, 6.07) is 7.90. The number of oxazole rings is 1. The predicted octanol–water partition coefficient (Wildman–Crippen LogP) is 3.55. The topological polar surface area (TPSA) is 64.8 Å². The summed E-state index contributed by atoms with van der Waals surface area (Å²) in [6.45, 7) is 3.53. The molecule has 2 aromatic rings. The summed E-state index contributed by atoms with van der Waals surface area (Å²) in [5.74, 6) is 0.239. The van der Waals surface area contributed by atoms with Crippen LogP contribution in [0, 0.1) is 0 Å². The third-order valence-corrected chi connectivity index (χ3v) is 4.13. The third-order valence-electron chi connectivity index (χ3n) is 3.82. The van der Waals surface area contributed by atoms with Crippen molar-refractivity contribution in [2.45, 2.75) is 25.9 Å². The minimum absolute atomic E-state index is 0.0978. The van der Waals surface area contributed by atoms with E-state index in [1.54, 1.807) is 6.92 Å². The van der Waals surface area contributed by atoms with E-state index in [4.69, 9.17) is 25.5 Å². The van der Waals surface area contributed by atoms with Crippen LogP contribution in [0.25, 0.3) is 0 Å². The Morgan fingerprint density at radius 2 is 2.12 bits per heavy atom. The molecule has 7 heteroatoms. The van der Waals surface area contributed by atoms with Gasteiger partial charge in [-0.3, -0.25) is 0 Å². The Kier molecular flexibility index (Phi) is 5.25. The predicted molar refractivity (Wildman–Crippen MR) is 89.8 cm³/mol. The average molecular weight is 351 g/mol. The lowest BCUT2D eigenvalue weighted by Crippen LogP contribution is -2.38. The number of carbonyl (C=O) groups excluding carboxylic acids is 1. The van der Waals surface area contributed by atoms with Crippen LogP contribution in [0.15, 0.2) is 34.9 Å². The smallest absolute Gasteiger partial charge is 0.360 e. The first-order valence-corrected chi connectivity index (χ1v) is 8.34. The lowest BCUT2D eigenvalue weighted by atomic mass is 10.1. The van der Waals surface area contributed by atoms with Gasteiger partial charge in [-0.25, -0.2) is 4.79 Å². The SMILES string of the molecule is CCOC(=O)c1coc(N2CCC(Oc3ccccc3Cl)CC2)n1. The Morgan fingerprint density at radius 1 is 1.38 bits per heavy atom. The maximum absolute atomic E-state index is 11.6. The second-order valence-corrected chi connectivity index (χ2v) is 5.88. The first-order chi connectivity index (χ1) is 11.7. The van der Waals surface area contributed by atoms with E-state index < -0.39 is 5.97 Å². The van der Waals surface area contributed by atoms with Crippen LogP contribution in [0.1, 0.15) is 30.3 Å². The third kappa shape index (κ3) is 3.82. The summed E-state index contributed by atoms with van der Waals surface area (Å²) in [4.78, 5) is 17.8. The number of aromatic nitrogens is 1. The summed E-state index contributed by atoms with van der Waals surface area (Å²) in [7, 11) is 0. The van der Waals surface area contributed by atoms with Crippen LogP contribution in [0.2, 0.25) is 5.02 Å². The Bertz CT molecular complexity index is 695. The van der Waals surface area contributed by atoms with Gasteiger partial charge in [0.05, 0.1) is 11.6 Å². The van der Waals surface area contributed by atoms with Crippen molar-refractivity contribution in [3.05, 3.63) is 41.2 Å². The highest BCUT2D eigenvalue weighted by molar-refractivity contribution is 6.32. The fourth-order valence-electron chi connectivity index (χ4n) is 2.59. The standard InChI is InChI=1S/C17H19ClN2O4/c1-2-22-16(21)14-11-23-17(19-14)20-9-7-12(8-10-20)24-15-6-4-3-5-13(15)18/h3-6,11-12H,2,7-10H2,1H3. The summed E-state index contributed by atoms with van der Waals surface area (Å²) >= 11 is 6.12. The summed E-state index contributed by atoms with van der Waals surface area (Å²) < 4.78 is 16.3. The van der Waals surface area contributed by atoms with Crippen molar-refractivity contribution in [2.24, 2.45) is 0 Å². The first-order valence-electron chi connectivity index (χ1n) is 7.96. The van der Waals surface area contributed by atoms with Crippen LogP contribution in [-0.2, 0) is 4.74 Å². The van der Waals surface area contributed by atoms with Crippen LogP contribution in [0.5, 0.6) is 5.75 Å². The number of ether oxygens (including phenoxy) is 2. The second-order valence-electron chi connectivity index (χ2n) is 5.47. The Morgan fingerprint density at radius 3 is 2.83 bits per heavy atom. The lowest BCUT2D eigenvalue weighted by molar-refractivity contribution is 0.0519. The number of benzene rings is 1. The van der Waals surface area contributed by atoms with E-state index >= 15 is 0 Å². The van der Waals surface area contributed by atoms with E-state index in [-0.39, 0.29) is 11.8 Å². The zero-order chi connectivity index (χ0) is 16.9. The molecule has 0 N–H and O–H groups in total. The van der Waals surface area contributed by atoms with Crippen LogP contribution < -0.4 is 9.64 Å². The van der Waals surface area contributed by atoms with E-state index in [1.165, 1.54) is 6.26 Å². The number of esters is 1. The number of carbonyl (C=O) groups is 1. The maximum Gasteiger partial charge on any atom is 0.360 e. The van der Waals surface area contributed by atoms with Crippen molar-refractivity contribution in [3.63, 3.8) is 0 Å². The molecule has 0 unspecified atom stereocenters. The van der Waals surface area contributed by atoms with Crippen molar-refractivity contribution in [3.8, 4) is 5.75 Å². The number of halogens is 1. The van der Waals surface area contributed by atoms with E-state index in [1.807, 2.05) is 29.2 Å². The van der Waals surface area contributed by atoms with E-state index in [2.05, 4.69) is 4.98 Å². The molecule has 24 heavy (non-hydrogen) atoms. The average Bonchev–Trinajstić information content (AvgIpc) is 3.08. The molecule has 0 aliphatic carbocycles. The van der Waals surface area contributed by atoms with Gasteiger partial charge in [-0.05, 0) is 19.1 Å². The van der Waals surface area contributed by atoms with Gasteiger partial charge < -0.3 is 18.8 Å². The molecular formula is C17H19ClN2O4. The molecule has 0 bridgehead atoms. The Hall–Kier alpha value is -2.21. The second kappa shape index (κ2) is 7.57. The van der Waals surface area contributed by atoms with Gasteiger partial charge in [0.1, 0.15) is 18.1 Å². The maximum atomic E-state index is 11.6. The van der Waals surface area contributed by atoms with Gasteiger partial charge in [0, 0.05) is 25.9 Å². The van der Waals surface area contributed by atoms with Gasteiger partial charge in [0.15, 0.2) is 5.69 Å². The van der Waals surface area contributed by atoms with E-state index in [0.29, 0.717) is 23.4 Å². The first kappa shape index (κ1) is 16.6. The molecule has 6 nitrogen and oxygen atoms in total. The number of para-hydroxylation sites is 1. The van der Waals surface area contributed by atoms with Crippen molar-refractivity contribution < 1.29 is 18.7 Å². The Labute approximate surface area is 145 Å². The van der Waals surface area contributed by atoms with Crippen LogP contribution in [-0.4, -0.2) is 36.8 Å². The zero-order valence-electron chi connectivity index (χ0n) is 13.4. The van der Waals surface area contributed by atoms with Gasteiger partial charge >= 0.3 is 5.97 Å². The molecule has 0 spiro atoms. The molecule has 128 valence electrons. The van der Waals surface area contributed by atoms with Gasteiger partial charge in [-0.15, -0.1) is 0 Å². The highest BCUT2D eigenvalue weighted by Crippen LogP contribution is 2.27. The van der Waals surface area contributed by atoms with Crippen molar-refractivity contribution >= 4 is 23.6 Å². The molecule has 1 aliphatic heterocycles. The molecule has 0 atom stereocenters. The quantitative estimate of drug-likeness (QED) is 0.768. The molecule has 0 amide bonds. The number of nitrogens with zero attached hydrogens (tertiary/aromatic N) is 2. The fraction of sp³-hybridized carbons (Fsp3) is 0.412. The van der Waals surface area contributed by atoms with Gasteiger partial charge in [-0.2, -0.15) is 4.98 Å². The van der Waals surface area contributed by atoms with Gasteiger partial charge in [-0.1, -0.05) is 23.7 Å². The van der Waals surface area contributed by atoms with Crippen molar-refractivity contribution in [2.75, 3.05) is 24.6 Å². The monoisotopic (exact) mass is 350 g/mol. The highest BCUT2D eigenvalue weighted by atomic mass is 35.5. The van der Waals surface area contributed by atoms with Crippen LogP contribution >= 0.6 is 11.6 Å². The molecule has 2 heterocycles. The molecule has 1 aliphatic rings. The minimum atomic E-state index is -0.468. The van der Waals surface area contributed by atoms with Crippen molar-refractivity contribution in [1.82, 2.24) is 4.98 Å². The lowest BCUT2D eigenvalue weighted by Gasteiger charge is -2.31. The van der Waals surface area contributed by atoms with Crippen LogP contribution in [0.3, 0.4) is 0 Å². The molecular weight excluding hydrogens is 332 g/mol. The largest absolute Gasteiger partial charge is 0.489 e. The van der Waals surface area contributed by atoms with Gasteiger partial charge in [0.25, 0.3) is 6.01 Å². The molecule has 1 saturated heterocycles. The number of anilines is 1. The normalized spacial score (nSPS) is 15.3. The van der Waals surface area contributed by atoms with Crippen molar-refractivity contribution in [1.29, 1.82) is 0 Å². The number of rotatable bonds is 5. The summed E-state index contributed by atoms with van der Waals surface area (Å²) in [6.07, 6.45) is 3.07. The molecule has 0 radical (unpaired) electrons. The Balaban J connectivity index is 1.55. The molecule has 0 saturated carbocycles.